The molecule has 2 rings (SSSR count). The number of nitrogens with two attached hydrogens (primary N) is 1. The van der Waals surface area contributed by atoms with Crippen molar-refractivity contribution in [3.05, 3.63) is 30.5 Å². The van der Waals surface area contributed by atoms with Crippen molar-refractivity contribution in [2.24, 2.45) is 12.9 Å². The molecule has 0 saturated heterocycles. The zero-order valence-corrected chi connectivity index (χ0v) is 6.91. The summed E-state index contributed by atoms with van der Waals surface area (Å²) in [6.07, 6.45) is 2.02. The molecule has 62 valence electrons. The van der Waals surface area contributed by atoms with Gasteiger partial charge in [0.05, 0.1) is 5.69 Å². The molecule has 0 unspecified atom stereocenters. The molecule has 0 bridgehead atoms. The highest BCUT2D eigenvalue weighted by molar-refractivity contribution is 5.92. The SMILES string of the molecule is Cn1ccc2c(NN)cccc21. The van der Waals surface area contributed by atoms with Crippen LogP contribution in [0.5, 0.6) is 0 Å². The van der Waals surface area contributed by atoms with Crippen LogP contribution >= 0.6 is 0 Å². The van der Waals surface area contributed by atoms with E-state index in [4.69, 9.17) is 5.84 Å². The molecule has 0 aliphatic rings. The highest BCUT2D eigenvalue weighted by Crippen LogP contribution is 2.22. The second kappa shape index (κ2) is 2.53. The Hall–Kier alpha value is -1.48. The van der Waals surface area contributed by atoms with E-state index >= 15 is 0 Å². The minimum absolute atomic E-state index is 0.966. The number of hydrazine groups is 1. The Morgan fingerprint density at radius 1 is 1.33 bits per heavy atom. The largest absolute Gasteiger partial charge is 0.350 e. The van der Waals surface area contributed by atoms with Crippen LogP contribution in [0.15, 0.2) is 30.5 Å². The van der Waals surface area contributed by atoms with Crippen LogP contribution in [0.25, 0.3) is 10.9 Å². The molecule has 2 aromatic rings. The predicted octanol–water partition coefficient (Wildman–Crippen LogP) is 1.46. The smallest absolute Gasteiger partial charge is 0.0578 e. The van der Waals surface area contributed by atoms with Gasteiger partial charge >= 0.3 is 0 Å². The second-order valence-electron chi connectivity index (χ2n) is 2.81. The number of benzene rings is 1. The van der Waals surface area contributed by atoms with Crippen molar-refractivity contribution in [2.45, 2.75) is 0 Å². The number of aryl methyl sites for hydroxylation is 1. The van der Waals surface area contributed by atoms with E-state index in [-0.39, 0.29) is 0 Å². The standard InChI is InChI=1S/C9H11N3/c1-12-6-5-7-8(11-10)3-2-4-9(7)12/h2-6,11H,10H2,1H3. The number of fused-ring (bicyclic) bond motifs is 1. The minimum atomic E-state index is 0.966. The average molecular weight is 161 g/mol. The van der Waals surface area contributed by atoms with Gasteiger partial charge in [0.1, 0.15) is 0 Å². The summed E-state index contributed by atoms with van der Waals surface area (Å²) >= 11 is 0. The van der Waals surface area contributed by atoms with Gasteiger partial charge in [0.15, 0.2) is 0 Å². The Labute approximate surface area is 70.8 Å². The van der Waals surface area contributed by atoms with E-state index in [9.17, 15) is 0 Å². The lowest BCUT2D eigenvalue weighted by atomic mass is 10.2. The molecule has 0 amide bonds. The Balaban J connectivity index is 2.81. The fraction of sp³-hybridized carbons (Fsp3) is 0.111. The van der Waals surface area contributed by atoms with Crippen LogP contribution in [0.2, 0.25) is 0 Å². The van der Waals surface area contributed by atoms with Crippen LogP contribution in [0.3, 0.4) is 0 Å². The van der Waals surface area contributed by atoms with Gasteiger partial charge in [-0.1, -0.05) is 6.07 Å². The molecule has 0 fully saturated rings. The highest BCUT2D eigenvalue weighted by Gasteiger charge is 2.00. The maximum atomic E-state index is 5.37. The third-order valence-electron chi connectivity index (χ3n) is 2.08. The number of nitrogen functional groups attached to an aromatic ring is 1. The van der Waals surface area contributed by atoms with Crippen molar-refractivity contribution in [3.63, 3.8) is 0 Å². The van der Waals surface area contributed by atoms with Gasteiger partial charge in [-0.3, -0.25) is 5.84 Å². The molecule has 3 nitrogen and oxygen atoms in total. The zero-order valence-electron chi connectivity index (χ0n) is 6.91. The number of anilines is 1. The normalized spacial score (nSPS) is 10.5. The molecule has 0 radical (unpaired) electrons. The molecular weight excluding hydrogens is 150 g/mol. The number of rotatable bonds is 1. The van der Waals surface area contributed by atoms with Crippen LogP contribution in [-0.2, 0) is 7.05 Å². The Morgan fingerprint density at radius 3 is 2.92 bits per heavy atom. The lowest BCUT2D eigenvalue weighted by Gasteiger charge is -2.01. The molecule has 0 aliphatic heterocycles. The maximum absolute atomic E-state index is 5.37. The van der Waals surface area contributed by atoms with Crippen molar-refractivity contribution in [1.82, 2.24) is 4.57 Å². The van der Waals surface area contributed by atoms with Gasteiger partial charge < -0.3 is 9.99 Å². The van der Waals surface area contributed by atoms with Crippen molar-refractivity contribution in [3.8, 4) is 0 Å². The van der Waals surface area contributed by atoms with Crippen LogP contribution in [-0.4, -0.2) is 4.57 Å². The number of nitrogens with one attached hydrogen (secondary N) is 1. The second-order valence-corrected chi connectivity index (χ2v) is 2.81. The van der Waals surface area contributed by atoms with Gasteiger partial charge in [-0.15, -0.1) is 0 Å². The van der Waals surface area contributed by atoms with Gasteiger partial charge in [0, 0.05) is 24.1 Å². The minimum Gasteiger partial charge on any atom is -0.350 e. The molecule has 1 aromatic carbocycles. The molecule has 3 heteroatoms. The first kappa shape index (κ1) is 7.18. The summed E-state index contributed by atoms with van der Waals surface area (Å²) in [5.74, 6) is 5.37. The summed E-state index contributed by atoms with van der Waals surface area (Å²) in [5, 5.41) is 1.16. The monoisotopic (exact) mass is 161 g/mol. The van der Waals surface area contributed by atoms with E-state index in [0.29, 0.717) is 0 Å². The fourth-order valence-corrected chi connectivity index (χ4v) is 1.43. The summed E-state index contributed by atoms with van der Waals surface area (Å²) < 4.78 is 2.07. The van der Waals surface area contributed by atoms with Crippen molar-refractivity contribution >= 4 is 16.6 Å². The van der Waals surface area contributed by atoms with Crippen molar-refractivity contribution in [2.75, 3.05) is 5.43 Å². The molecule has 1 heterocycles. The number of hydrogen-bond acceptors (Lipinski definition) is 2. The van der Waals surface area contributed by atoms with Gasteiger partial charge in [-0.2, -0.15) is 0 Å². The van der Waals surface area contributed by atoms with E-state index in [0.717, 1.165) is 11.1 Å². The lowest BCUT2D eigenvalue weighted by molar-refractivity contribution is 0.969. The molecule has 0 spiro atoms. The average Bonchev–Trinajstić information content (AvgIpc) is 2.48. The first-order valence-electron chi connectivity index (χ1n) is 3.83. The van der Waals surface area contributed by atoms with Gasteiger partial charge in [-0.25, -0.2) is 0 Å². The first-order chi connectivity index (χ1) is 5.83. The van der Waals surface area contributed by atoms with E-state index < -0.39 is 0 Å². The molecular formula is C9H11N3. The van der Waals surface area contributed by atoms with Crippen molar-refractivity contribution < 1.29 is 0 Å². The molecule has 0 atom stereocenters. The Morgan fingerprint density at radius 2 is 2.17 bits per heavy atom. The predicted molar refractivity (Wildman–Crippen MR) is 50.7 cm³/mol. The Kier molecular flexibility index (Phi) is 1.52. The van der Waals surface area contributed by atoms with Crippen LogP contribution in [0, 0.1) is 0 Å². The van der Waals surface area contributed by atoms with Crippen LogP contribution in [0.4, 0.5) is 5.69 Å². The van der Waals surface area contributed by atoms with E-state index in [2.05, 4.69) is 16.1 Å². The summed E-state index contributed by atoms with van der Waals surface area (Å²) in [6.45, 7) is 0. The summed E-state index contributed by atoms with van der Waals surface area (Å²) in [6, 6.07) is 8.06. The summed E-state index contributed by atoms with van der Waals surface area (Å²) in [4.78, 5) is 0. The molecule has 0 aliphatic carbocycles. The fourth-order valence-electron chi connectivity index (χ4n) is 1.43. The third kappa shape index (κ3) is 0.871. The lowest BCUT2D eigenvalue weighted by Crippen LogP contribution is -2.06. The molecule has 12 heavy (non-hydrogen) atoms. The molecule has 1 aromatic heterocycles. The number of hydrogen-bond donors (Lipinski definition) is 2. The maximum Gasteiger partial charge on any atom is 0.0578 e. The third-order valence-corrected chi connectivity index (χ3v) is 2.08. The van der Waals surface area contributed by atoms with Crippen LogP contribution in [0.1, 0.15) is 0 Å². The highest BCUT2D eigenvalue weighted by atomic mass is 15.2. The van der Waals surface area contributed by atoms with Crippen molar-refractivity contribution in [1.29, 1.82) is 0 Å². The van der Waals surface area contributed by atoms with E-state index in [1.165, 1.54) is 5.52 Å². The Bertz CT molecular complexity index is 403. The summed E-state index contributed by atoms with van der Waals surface area (Å²) in [7, 11) is 2.02. The molecule has 3 N–H and O–H groups in total. The summed E-state index contributed by atoms with van der Waals surface area (Å²) in [5.41, 5.74) is 4.82. The number of aromatic nitrogens is 1. The topological polar surface area (TPSA) is 43.0 Å². The quantitative estimate of drug-likeness (QED) is 0.491. The van der Waals surface area contributed by atoms with Crippen LogP contribution < -0.4 is 11.3 Å². The van der Waals surface area contributed by atoms with Gasteiger partial charge in [0.25, 0.3) is 0 Å². The number of nitrogens with zero attached hydrogens (tertiary/aromatic N) is 1. The van der Waals surface area contributed by atoms with E-state index in [1.54, 1.807) is 0 Å². The van der Waals surface area contributed by atoms with Gasteiger partial charge in [-0.05, 0) is 18.2 Å². The van der Waals surface area contributed by atoms with Gasteiger partial charge in [0.2, 0.25) is 0 Å². The first-order valence-corrected chi connectivity index (χ1v) is 3.83. The molecule has 0 saturated carbocycles. The zero-order chi connectivity index (χ0) is 8.55. The van der Waals surface area contributed by atoms with E-state index in [1.807, 2.05) is 31.4 Å².